The van der Waals surface area contributed by atoms with Crippen LogP contribution in [0.25, 0.3) is 0 Å². The highest BCUT2D eigenvalue weighted by Gasteiger charge is 2.30. The maximum absolute atomic E-state index is 12.1. The second-order valence-electron chi connectivity index (χ2n) is 4.43. The summed E-state index contributed by atoms with van der Waals surface area (Å²) in [4.78, 5) is 15.8. The van der Waals surface area contributed by atoms with E-state index >= 15 is 0 Å². The quantitative estimate of drug-likeness (QED) is 0.796. The van der Waals surface area contributed by atoms with Crippen LogP contribution >= 0.6 is 0 Å². The van der Waals surface area contributed by atoms with Gasteiger partial charge < -0.3 is 14.9 Å². The Morgan fingerprint density at radius 3 is 2.50 bits per heavy atom. The van der Waals surface area contributed by atoms with E-state index in [-0.39, 0.29) is 18.1 Å². The van der Waals surface area contributed by atoms with Gasteiger partial charge in [0.15, 0.2) is 0 Å². The first-order valence-corrected chi connectivity index (χ1v) is 6.35. The SMILES string of the molecule is CCC1CN(C(=O)N(CC)CC)CCC1O. The molecule has 0 aromatic rings. The van der Waals surface area contributed by atoms with Gasteiger partial charge in [0.1, 0.15) is 0 Å². The molecule has 4 heteroatoms. The molecule has 16 heavy (non-hydrogen) atoms. The van der Waals surface area contributed by atoms with E-state index in [4.69, 9.17) is 0 Å². The molecule has 1 rings (SSSR count). The second kappa shape index (κ2) is 6.09. The number of hydrogen-bond acceptors (Lipinski definition) is 2. The number of likely N-dealkylation sites (tertiary alicyclic amines) is 1. The van der Waals surface area contributed by atoms with Crippen molar-refractivity contribution in [2.24, 2.45) is 5.92 Å². The summed E-state index contributed by atoms with van der Waals surface area (Å²) in [6, 6.07) is 0.121. The zero-order valence-electron chi connectivity index (χ0n) is 10.6. The monoisotopic (exact) mass is 228 g/mol. The number of urea groups is 1. The van der Waals surface area contributed by atoms with Crippen molar-refractivity contribution in [1.29, 1.82) is 0 Å². The molecule has 1 N–H and O–H groups in total. The van der Waals surface area contributed by atoms with E-state index < -0.39 is 0 Å². The zero-order chi connectivity index (χ0) is 12.1. The lowest BCUT2D eigenvalue weighted by molar-refractivity contribution is 0.0317. The lowest BCUT2D eigenvalue weighted by Gasteiger charge is -2.38. The normalized spacial score (nSPS) is 25.6. The molecule has 2 atom stereocenters. The van der Waals surface area contributed by atoms with Gasteiger partial charge in [-0.3, -0.25) is 0 Å². The number of piperidine rings is 1. The van der Waals surface area contributed by atoms with Crippen molar-refractivity contribution >= 4 is 6.03 Å². The molecule has 1 saturated heterocycles. The van der Waals surface area contributed by atoms with E-state index in [0.29, 0.717) is 19.5 Å². The van der Waals surface area contributed by atoms with Gasteiger partial charge in [0.2, 0.25) is 0 Å². The topological polar surface area (TPSA) is 43.8 Å². The van der Waals surface area contributed by atoms with Gasteiger partial charge in [0.05, 0.1) is 6.10 Å². The lowest BCUT2D eigenvalue weighted by atomic mass is 9.93. The highest BCUT2D eigenvalue weighted by Crippen LogP contribution is 2.20. The molecule has 1 heterocycles. The van der Waals surface area contributed by atoms with Crippen LogP contribution in [0.5, 0.6) is 0 Å². The number of carbonyl (C=O) groups is 1. The van der Waals surface area contributed by atoms with Crippen molar-refractivity contribution in [3.05, 3.63) is 0 Å². The maximum atomic E-state index is 12.1. The van der Waals surface area contributed by atoms with Crippen LogP contribution < -0.4 is 0 Å². The molecule has 0 aromatic heterocycles. The third kappa shape index (κ3) is 2.88. The van der Waals surface area contributed by atoms with Crippen LogP contribution in [0.3, 0.4) is 0 Å². The van der Waals surface area contributed by atoms with Crippen molar-refractivity contribution in [1.82, 2.24) is 9.80 Å². The second-order valence-corrected chi connectivity index (χ2v) is 4.43. The molecule has 0 saturated carbocycles. The van der Waals surface area contributed by atoms with Gasteiger partial charge in [-0.1, -0.05) is 6.92 Å². The van der Waals surface area contributed by atoms with Gasteiger partial charge in [-0.25, -0.2) is 4.79 Å². The molecule has 4 nitrogen and oxygen atoms in total. The third-order valence-corrected chi connectivity index (χ3v) is 3.52. The van der Waals surface area contributed by atoms with Crippen molar-refractivity contribution in [3.8, 4) is 0 Å². The van der Waals surface area contributed by atoms with Gasteiger partial charge in [0, 0.05) is 32.1 Å². The molecule has 94 valence electrons. The molecule has 1 aliphatic heterocycles. The fourth-order valence-electron chi connectivity index (χ4n) is 2.29. The first kappa shape index (κ1) is 13.3. The molecule has 1 fully saturated rings. The standard InChI is InChI=1S/C12H24N2O2/c1-4-10-9-14(8-7-11(10)15)12(16)13(5-2)6-3/h10-11,15H,4-9H2,1-3H3. The molecular formula is C12H24N2O2. The van der Waals surface area contributed by atoms with Gasteiger partial charge in [-0.15, -0.1) is 0 Å². The number of carbonyl (C=O) groups excluding carboxylic acids is 1. The van der Waals surface area contributed by atoms with Gasteiger partial charge >= 0.3 is 6.03 Å². The third-order valence-electron chi connectivity index (χ3n) is 3.52. The smallest absolute Gasteiger partial charge is 0.319 e. The summed E-state index contributed by atoms with van der Waals surface area (Å²) in [5.74, 6) is 0.244. The van der Waals surface area contributed by atoms with Crippen LogP contribution in [-0.2, 0) is 0 Å². The van der Waals surface area contributed by atoms with Crippen LogP contribution in [0.15, 0.2) is 0 Å². The summed E-state index contributed by atoms with van der Waals surface area (Å²) in [5.41, 5.74) is 0. The van der Waals surface area contributed by atoms with E-state index in [1.807, 2.05) is 23.6 Å². The number of aliphatic hydroxyl groups excluding tert-OH is 1. The summed E-state index contributed by atoms with van der Waals surface area (Å²) in [5, 5.41) is 9.77. The zero-order valence-corrected chi connectivity index (χ0v) is 10.6. The van der Waals surface area contributed by atoms with E-state index in [1.54, 1.807) is 0 Å². The Labute approximate surface area is 98.2 Å². The summed E-state index contributed by atoms with van der Waals surface area (Å²) in [6.45, 7) is 8.96. The molecule has 2 unspecified atom stereocenters. The van der Waals surface area contributed by atoms with Crippen molar-refractivity contribution < 1.29 is 9.90 Å². The van der Waals surface area contributed by atoms with Crippen molar-refractivity contribution in [3.63, 3.8) is 0 Å². The predicted molar refractivity (Wildman–Crippen MR) is 64.3 cm³/mol. The Morgan fingerprint density at radius 2 is 2.00 bits per heavy atom. The Balaban J connectivity index is 2.57. The molecular weight excluding hydrogens is 204 g/mol. The van der Waals surface area contributed by atoms with Crippen LogP contribution in [0, 0.1) is 5.92 Å². The molecule has 0 aromatic carbocycles. The molecule has 0 spiro atoms. The molecule has 0 radical (unpaired) electrons. The Morgan fingerprint density at radius 1 is 1.38 bits per heavy atom. The van der Waals surface area contributed by atoms with Crippen LogP contribution in [0.4, 0.5) is 4.79 Å². The summed E-state index contributed by atoms with van der Waals surface area (Å²) >= 11 is 0. The van der Waals surface area contributed by atoms with Gasteiger partial charge in [-0.2, -0.15) is 0 Å². The fourth-order valence-corrected chi connectivity index (χ4v) is 2.29. The Hall–Kier alpha value is -0.770. The summed E-state index contributed by atoms with van der Waals surface area (Å²) in [6.07, 6.45) is 1.42. The minimum atomic E-state index is -0.231. The highest BCUT2D eigenvalue weighted by molar-refractivity contribution is 5.74. The fraction of sp³-hybridized carbons (Fsp3) is 0.917. The van der Waals surface area contributed by atoms with Gasteiger partial charge in [-0.05, 0) is 26.7 Å². The minimum absolute atomic E-state index is 0.121. The average molecular weight is 228 g/mol. The Bertz CT molecular complexity index is 229. The van der Waals surface area contributed by atoms with Crippen molar-refractivity contribution in [2.75, 3.05) is 26.2 Å². The molecule has 1 aliphatic rings. The molecule has 0 bridgehead atoms. The van der Waals surface area contributed by atoms with Crippen LogP contribution in [0.1, 0.15) is 33.6 Å². The summed E-state index contributed by atoms with van der Waals surface area (Å²) < 4.78 is 0. The minimum Gasteiger partial charge on any atom is -0.393 e. The van der Waals surface area contributed by atoms with Crippen LogP contribution in [0.2, 0.25) is 0 Å². The number of nitrogens with zero attached hydrogens (tertiary/aromatic N) is 2. The maximum Gasteiger partial charge on any atom is 0.319 e. The van der Waals surface area contributed by atoms with Gasteiger partial charge in [0.25, 0.3) is 0 Å². The first-order valence-electron chi connectivity index (χ1n) is 6.35. The first-order chi connectivity index (χ1) is 7.63. The lowest BCUT2D eigenvalue weighted by Crippen LogP contribution is -2.50. The largest absolute Gasteiger partial charge is 0.393 e. The average Bonchev–Trinajstić information content (AvgIpc) is 2.31. The van der Waals surface area contributed by atoms with Crippen LogP contribution in [-0.4, -0.2) is 53.2 Å². The number of aliphatic hydroxyl groups is 1. The molecule has 0 aliphatic carbocycles. The van der Waals surface area contributed by atoms with E-state index in [9.17, 15) is 9.90 Å². The van der Waals surface area contributed by atoms with E-state index in [0.717, 1.165) is 19.5 Å². The number of rotatable bonds is 3. The number of amides is 2. The number of hydrogen-bond donors (Lipinski definition) is 1. The van der Waals surface area contributed by atoms with E-state index in [1.165, 1.54) is 0 Å². The summed E-state index contributed by atoms with van der Waals surface area (Å²) in [7, 11) is 0. The highest BCUT2D eigenvalue weighted by atomic mass is 16.3. The molecule has 2 amide bonds. The predicted octanol–water partition coefficient (Wildman–Crippen LogP) is 1.54. The van der Waals surface area contributed by atoms with E-state index in [2.05, 4.69) is 6.92 Å². The van der Waals surface area contributed by atoms with Crippen molar-refractivity contribution in [2.45, 2.75) is 39.7 Å². The Kier molecular flexibility index (Phi) is 5.06.